The minimum atomic E-state index is -0.635. The zero-order valence-corrected chi connectivity index (χ0v) is 9.76. The second-order valence-corrected chi connectivity index (χ2v) is 2.61. The van der Waals surface area contributed by atoms with Crippen molar-refractivity contribution in [3.63, 3.8) is 0 Å². The zero-order chi connectivity index (χ0) is 7.98. The third-order valence-corrected chi connectivity index (χ3v) is 1.62. The summed E-state index contributed by atoms with van der Waals surface area (Å²) in [4.78, 5) is 10.5. The van der Waals surface area contributed by atoms with E-state index in [1.165, 1.54) is 0 Å². The zero-order valence-electron chi connectivity index (χ0n) is 7.76. The maximum Gasteiger partial charge on any atom is 0.306 e. The van der Waals surface area contributed by atoms with E-state index in [4.69, 9.17) is 5.11 Å². The Morgan fingerprint density at radius 2 is 1.64 bits per heavy atom. The number of carboxylic acids is 1. The van der Waals surface area contributed by atoms with Gasteiger partial charge in [0.1, 0.15) is 0 Å². The molecule has 1 N–H and O–H groups in total. The molecular weight excluding hydrogens is 151 g/mol. The van der Waals surface area contributed by atoms with Gasteiger partial charge in [0, 0.05) is 29.6 Å². The van der Waals surface area contributed by atoms with Gasteiger partial charge < -0.3 is 5.11 Å². The van der Waals surface area contributed by atoms with Crippen molar-refractivity contribution in [3.8, 4) is 0 Å². The van der Waals surface area contributed by atoms with Crippen LogP contribution < -0.4 is 0 Å². The standard InChI is InChI=1S/C8H16O2.Na/c1-3-5-7(6-4-2)8(9)10;/h7H,3-6H2,1-2H3,(H,9,10);. The van der Waals surface area contributed by atoms with E-state index in [0.717, 1.165) is 25.7 Å². The van der Waals surface area contributed by atoms with Crippen LogP contribution in [0.15, 0.2) is 0 Å². The van der Waals surface area contributed by atoms with Crippen molar-refractivity contribution in [2.45, 2.75) is 39.5 Å². The summed E-state index contributed by atoms with van der Waals surface area (Å²) in [5, 5.41) is 8.64. The van der Waals surface area contributed by atoms with Crippen LogP contribution in [0.3, 0.4) is 0 Å². The number of hydrogen-bond acceptors (Lipinski definition) is 1. The van der Waals surface area contributed by atoms with Crippen LogP contribution in [0.25, 0.3) is 0 Å². The van der Waals surface area contributed by atoms with Gasteiger partial charge in [0.25, 0.3) is 0 Å². The molecule has 0 aromatic carbocycles. The van der Waals surface area contributed by atoms with Crippen molar-refractivity contribution in [2.24, 2.45) is 5.92 Å². The summed E-state index contributed by atoms with van der Waals surface area (Å²) in [5.41, 5.74) is 0. The Balaban J connectivity index is 0. The Kier molecular flexibility index (Phi) is 10.9. The smallest absolute Gasteiger partial charge is 0.306 e. The molecule has 0 aliphatic heterocycles. The number of carbonyl (C=O) groups is 1. The normalized spacial score (nSPS) is 9.36. The average molecular weight is 167 g/mol. The molecule has 0 bridgehead atoms. The second-order valence-electron chi connectivity index (χ2n) is 2.61. The van der Waals surface area contributed by atoms with E-state index in [0.29, 0.717) is 0 Å². The third kappa shape index (κ3) is 6.85. The third-order valence-electron chi connectivity index (χ3n) is 1.62. The molecular formula is C8H16NaO2. The van der Waals surface area contributed by atoms with Gasteiger partial charge in [0.05, 0.1) is 5.92 Å². The first kappa shape index (κ1) is 14.0. The molecule has 0 spiro atoms. The fourth-order valence-electron chi connectivity index (χ4n) is 1.09. The molecule has 0 aliphatic rings. The van der Waals surface area contributed by atoms with Crippen molar-refractivity contribution in [1.82, 2.24) is 0 Å². The van der Waals surface area contributed by atoms with E-state index < -0.39 is 5.97 Å². The van der Waals surface area contributed by atoms with Gasteiger partial charge in [-0.1, -0.05) is 26.7 Å². The second kappa shape index (κ2) is 8.57. The monoisotopic (exact) mass is 167 g/mol. The molecule has 0 amide bonds. The largest absolute Gasteiger partial charge is 0.481 e. The summed E-state index contributed by atoms with van der Waals surface area (Å²) in [7, 11) is 0. The maximum atomic E-state index is 10.5. The van der Waals surface area contributed by atoms with Crippen molar-refractivity contribution >= 4 is 35.5 Å². The van der Waals surface area contributed by atoms with Crippen molar-refractivity contribution in [2.75, 3.05) is 0 Å². The Morgan fingerprint density at radius 1 is 1.27 bits per heavy atom. The van der Waals surface area contributed by atoms with Gasteiger partial charge in [-0.2, -0.15) is 0 Å². The molecule has 1 radical (unpaired) electrons. The molecule has 0 rings (SSSR count). The number of aliphatic carboxylic acids is 1. The quantitative estimate of drug-likeness (QED) is 0.635. The topological polar surface area (TPSA) is 37.3 Å². The van der Waals surface area contributed by atoms with Gasteiger partial charge in [0.15, 0.2) is 0 Å². The van der Waals surface area contributed by atoms with Crippen molar-refractivity contribution in [3.05, 3.63) is 0 Å². The first-order chi connectivity index (χ1) is 4.72. The fraction of sp³-hybridized carbons (Fsp3) is 0.875. The molecule has 0 fully saturated rings. The maximum absolute atomic E-state index is 10.5. The molecule has 0 aromatic rings. The fourth-order valence-corrected chi connectivity index (χ4v) is 1.09. The number of hydrogen-bond donors (Lipinski definition) is 1. The molecule has 61 valence electrons. The molecule has 0 aliphatic carbocycles. The van der Waals surface area contributed by atoms with Crippen LogP contribution in [0.5, 0.6) is 0 Å². The van der Waals surface area contributed by atoms with Crippen LogP contribution >= 0.6 is 0 Å². The SMILES string of the molecule is CCCC(CCC)C(=O)O.[Na]. The number of carboxylic acid groups (broad SMARTS) is 1. The van der Waals surface area contributed by atoms with E-state index in [1.54, 1.807) is 0 Å². The Morgan fingerprint density at radius 3 is 1.82 bits per heavy atom. The summed E-state index contributed by atoms with van der Waals surface area (Å²) in [6, 6.07) is 0. The minimum Gasteiger partial charge on any atom is -0.481 e. The van der Waals surface area contributed by atoms with E-state index in [1.807, 2.05) is 13.8 Å². The summed E-state index contributed by atoms with van der Waals surface area (Å²) < 4.78 is 0. The van der Waals surface area contributed by atoms with Gasteiger partial charge in [-0.25, -0.2) is 0 Å². The van der Waals surface area contributed by atoms with Crippen LogP contribution in [0, 0.1) is 5.92 Å². The van der Waals surface area contributed by atoms with E-state index in [9.17, 15) is 4.79 Å². The predicted octanol–water partition coefficient (Wildman–Crippen LogP) is 1.91. The van der Waals surface area contributed by atoms with Crippen LogP contribution in [0.1, 0.15) is 39.5 Å². The van der Waals surface area contributed by atoms with Gasteiger partial charge >= 0.3 is 5.97 Å². The van der Waals surface area contributed by atoms with Gasteiger partial charge in [-0.15, -0.1) is 0 Å². The molecule has 0 saturated carbocycles. The summed E-state index contributed by atoms with van der Waals surface area (Å²) in [5.74, 6) is -0.737. The summed E-state index contributed by atoms with van der Waals surface area (Å²) >= 11 is 0. The molecule has 0 unspecified atom stereocenters. The van der Waals surface area contributed by atoms with Crippen LogP contribution in [0.2, 0.25) is 0 Å². The first-order valence-corrected chi connectivity index (χ1v) is 3.95. The van der Waals surface area contributed by atoms with Crippen molar-refractivity contribution < 1.29 is 9.90 Å². The molecule has 0 saturated heterocycles. The molecule has 3 heteroatoms. The van der Waals surface area contributed by atoms with E-state index in [2.05, 4.69) is 0 Å². The molecule has 0 heterocycles. The molecule has 0 aromatic heterocycles. The predicted molar refractivity (Wildman–Crippen MR) is 46.7 cm³/mol. The average Bonchev–Trinajstić information content (AvgIpc) is 1.87. The summed E-state index contributed by atoms with van der Waals surface area (Å²) in [6.45, 7) is 4.04. The van der Waals surface area contributed by atoms with E-state index in [-0.39, 0.29) is 35.5 Å². The first-order valence-electron chi connectivity index (χ1n) is 3.95. The summed E-state index contributed by atoms with van der Waals surface area (Å²) in [6.07, 6.45) is 3.58. The van der Waals surface area contributed by atoms with Crippen LogP contribution in [-0.4, -0.2) is 40.6 Å². The Labute approximate surface area is 90.7 Å². The number of rotatable bonds is 5. The van der Waals surface area contributed by atoms with Gasteiger partial charge in [-0.05, 0) is 12.8 Å². The molecule has 2 nitrogen and oxygen atoms in total. The molecule has 11 heavy (non-hydrogen) atoms. The van der Waals surface area contributed by atoms with Gasteiger partial charge in [-0.3, -0.25) is 4.79 Å². The molecule has 0 atom stereocenters. The van der Waals surface area contributed by atoms with Crippen LogP contribution in [0.4, 0.5) is 0 Å². The van der Waals surface area contributed by atoms with Gasteiger partial charge in [0.2, 0.25) is 0 Å². The minimum absolute atomic E-state index is 0. The van der Waals surface area contributed by atoms with E-state index >= 15 is 0 Å². The van der Waals surface area contributed by atoms with Crippen LogP contribution in [-0.2, 0) is 4.79 Å². The Bertz CT molecular complexity index is 98.3. The Hall–Kier alpha value is 0.470. The van der Waals surface area contributed by atoms with Crippen molar-refractivity contribution in [1.29, 1.82) is 0 Å².